The van der Waals surface area contributed by atoms with Gasteiger partial charge in [0.25, 0.3) is 13.6 Å². The fourth-order valence-corrected chi connectivity index (χ4v) is 3.29. The molecule has 29 heavy (non-hydrogen) atoms. The number of benzene rings is 1. The van der Waals surface area contributed by atoms with E-state index in [1.165, 1.54) is 56.3 Å². The standard InChI is InChI=1S/C21H32ClN2.H3O4P/c1-3-4-5-6-8-15-23-17-18-24(19(23)2)16-9-7-10-20-11-13-21(22)14-12-20;1-5(2,3)4/h11-14,17-18H,3-10,15-16H2,1-2H3;(H3,1,2,3,4)/q+1;/p-1. The normalized spacial score (nSPS) is 11.2. The average molecular weight is 445 g/mol. The lowest BCUT2D eigenvalue weighted by atomic mass is 10.1. The first-order chi connectivity index (χ1) is 13.7. The summed E-state index contributed by atoms with van der Waals surface area (Å²) in [6.45, 7) is 6.78. The Labute approximate surface area is 179 Å². The summed E-state index contributed by atoms with van der Waals surface area (Å²) in [6, 6.07) is 8.23. The lowest BCUT2D eigenvalue weighted by molar-refractivity contribution is -0.702. The zero-order valence-corrected chi connectivity index (χ0v) is 19.1. The maximum absolute atomic E-state index is 8.77. The van der Waals surface area contributed by atoms with Gasteiger partial charge in [-0.05, 0) is 49.8 Å². The smallest absolute Gasteiger partial charge is 0.262 e. The highest BCUT2D eigenvalue weighted by Crippen LogP contribution is 2.19. The van der Waals surface area contributed by atoms with Gasteiger partial charge in [0.05, 0.1) is 13.1 Å². The molecule has 0 bridgehead atoms. The van der Waals surface area contributed by atoms with Crippen molar-refractivity contribution >= 4 is 19.4 Å². The Hall–Kier alpha value is -1.17. The van der Waals surface area contributed by atoms with E-state index in [2.05, 4.69) is 47.5 Å². The molecule has 164 valence electrons. The zero-order chi connectivity index (χ0) is 21.7. The van der Waals surface area contributed by atoms with Crippen molar-refractivity contribution in [3.05, 3.63) is 53.1 Å². The van der Waals surface area contributed by atoms with Crippen LogP contribution < -0.4 is 9.46 Å². The Morgan fingerprint density at radius 3 is 2.31 bits per heavy atom. The number of rotatable bonds is 11. The number of hydrogen-bond donors (Lipinski definition) is 2. The largest absolute Gasteiger partial charge is 0.756 e. The van der Waals surface area contributed by atoms with Crippen molar-refractivity contribution in [2.45, 2.75) is 78.3 Å². The van der Waals surface area contributed by atoms with Crippen LogP contribution in [0.5, 0.6) is 0 Å². The first-order valence-electron chi connectivity index (χ1n) is 10.3. The van der Waals surface area contributed by atoms with Crippen LogP contribution in [0.15, 0.2) is 36.7 Å². The number of aryl methyl sites for hydroxylation is 3. The maximum Gasteiger partial charge on any atom is 0.262 e. The Morgan fingerprint density at radius 1 is 1.07 bits per heavy atom. The van der Waals surface area contributed by atoms with Crippen LogP contribution in [0.4, 0.5) is 0 Å². The Balaban J connectivity index is 0.000000749. The van der Waals surface area contributed by atoms with Gasteiger partial charge in [0.1, 0.15) is 12.4 Å². The van der Waals surface area contributed by atoms with Crippen molar-refractivity contribution in [3.63, 3.8) is 0 Å². The third-order valence-corrected chi connectivity index (χ3v) is 5.04. The quantitative estimate of drug-likeness (QED) is 0.309. The number of hydrogen-bond acceptors (Lipinski definition) is 2. The highest BCUT2D eigenvalue weighted by Gasteiger charge is 2.11. The molecule has 0 saturated heterocycles. The van der Waals surface area contributed by atoms with Gasteiger partial charge in [-0.3, -0.25) is 4.57 Å². The molecular formula is C21H34ClN2O4P. The molecule has 0 saturated carbocycles. The maximum atomic E-state index is 8.77. The summed E-state index contributed by atoms with van der Waals surface area (Å²) >= 11 is 5.93. The average Bonchev–Trinajstić information content (AvgIpc) is 2.99. The fourth-order valence-electron chi connectivity index (χ4n) is 3.16. The molecule has 0 aliphatic carbocycles. The van der Waals surface area contributed by atoms with Gasteiger partial charge in [0.15, 0.2) is 0 Å². The van der Waals surface area contributed by atoms with E-state index in [1.807, 2.05) is 12.1 Å². The molecule has 6 nitrogen and oxygen atoms in total. The summed E-state index contributed by atoms with van der Waals surface area (Å²) in [7, 11) is -4.89. The van der Waals surface area contributed by atoms with Crippen LogP contribution in [-0.2, 0) is 24.1 Å². The summed E-state index contributed by atoms with van der Waals surface area (Å²) < 4.78 is 13.6. The van der Waals surface area contributed by atoms with E-state index < -0.39 is 7.82 Å². The minimum atomic E-state index is -4.89. The molecule has 0 spiro atoms. The van der Waals surface area contributed by atoms with Crippen LogP contribution in [0.3, 0.4) is 0 Å². The first kappa shape index (κ1) is 25.9. The predicted molar refractivity (Wildman–Crippen MR) is 115 cm³/mol. The number of aromatic nitrogens is 2. The lowest BCUT2D eigenvalue weighted by Gasteiger charge is -2.03. The van der Waals surface area contributed by atoms with E-state index in [-0.39, 0.29) is 0 Å². The summed E-state index contributed by atoms with van der Waals surface area (Å²) in [5.41, 5.74) is 1.38. The number of unbranched alkanes of at least 4 members (excludes halogenated alkanes) is 5. The summed E-state index contributed by atoms with van der Waals surface area (Å²) in [4.78, 5) is 22.9. The van der Waals surface area contributed by atoms with E-state index in [9.17, 15) is 0 Å². The van der Waals surface area contributed by atoms with Crippen molar-refractivity contribution in [1.82, 2.24) is 4.57 Å². The molecule has 2 aromatic rings. The molecule has 0 atom stereocenters. The van der Waals surface area contributed by atoms with Crippen molar-refractivity contribution in [1.29, 1.82) is 0 Å². The molecule has 0 fully saturated rings. The molecule has 0 aliphatic rings. The monoisotopic (exact) mass is 444 g/mol. The predicted octanol–water partition coefficient (Wildman–Crippen LogP) is 4.17. The van der Waals surface area contributed by atoms with E-state index >= 15 is 0 Å². The van der Waals surface area contributed by atoms with Crippen LogP contribution in [0.25, 0.3) is 0 Å². The highest BCUT2D eigenvalue weighted by molar-refractivity contribution is 7.43. The number of halogens is 1. The molecule has 1 heterocycles. The number of phosphoric acid groups is 1. The van der Waals surface area contributed by atoms with Gasteiger partial charge < -0.3 is 14.7 Å². The fraction of sp³-hybridized carbons (Fsp3) is 0.571. The van der Waals surface area contributed by atoms with Gasteiger partial charge in [0.2, 0.25) is 0 Å². The van der Waals surface area contributed by atoms with Crippen molar-refractivity contribution in [2.75, 3.05) is 0 Å². The van der Waals surface area contributed by atoms with Crippen LogP contribution in [0.1, 0.15) is 63.3 Å². The Kier molecular flexibility index (Phi) is 12.4. The lowest BCUT2D eigenvalue weighted by Crippen LogP contribution is -2.35. The molecule has 0 amide bonds. The van der Waals surface area contributed by atoms with Crippen LogP contribution in [0, 0.1) is 6.92 Å². The van der Waals surface area contributed by atoms with E-state index in [4.69, 9.17) is 30.8 Å². The van der Waals surface area contributed by atoms with Crippen molar-refractivity contribution in [3.8, 4) is 0 Å². The molecular weight excluding hydrogens is 411 g/mol. The minimum Gasteiger partial charge on any atom is -0.756 e. The van der Waals surface area contributed by atoms with Crippen LogP contribution in [0.2, 0.25) is 5.02 Å². The zero-order valence-electron chi connectivity index (χ0n) is 17.5. The van der Waals surface area contributed by atoms with Gasteiger partial charge in [-0.2, -0.15) is 0 Å². The highest BCUT2D eigenvalue weighted by atomic mass is 35.5. The van der Waals surface area contributed by atoms with E-state index in [0.29, 0.717) is 0 Å². The minimum absolute atomic E-state index is 0.820. The summed E-state index contributed by atoms with van der Waals surface area (Å²) in [5.74, 6) is 1.39. The summed E-state index contributed by atoms with van der Waals surface area (Å²) in [6.07, 6.45) is 14.8. The summed E-state index contributed by atoms with van der Waals surface area (Å²) in [5, 5.41) is 0.820. The molecule has 2 rings (SSSR count). The topological polar surface area (TPSA) is 89.4 Å². The third-order valence-electron chi connectivity index (χ3n) is 4.79. The molecule has 2 N–H and O–H groups in total. The van der Waals surface area contributed by atoms with Crippen LogP contribution in [-0.4, -0.2) is 14.4 Å². The van der Waals surface area contributed by atoms with Gasteiger partial charge in [-0.15, -0.1) is 0 Å². The SMILES string of the molecule is CCCCCCC[n+]1ccn(CCCCc2ccc(Cl)cc2)c1C.O=P([O-])(O)O. The second kappa shape index (κ2) is 13.9. The van der Waals surface area contributed by atoms with Crippen LogP contribution >= 0.6 is 19.4 Å². The van der Waals surface area contributed by atoms with Crippen molar-refractivity contribution in [2.24, 2.45) is 0 Å². The van der Waals surface area contributed by atoms with Gasteiger partial charge in [0, 0.05) is 11.9 Å². The third kappa shape index (κ3) is 12.9. The Bertz CT molecular complexity index is 735. The van der Waals surface area contributed by atoms with Gasteiger partial charge >= 0.3 is 0 Å². The van der Waals surface area contributed by atoms with E-state index in [1.54, 1.807) is 0 Å². The number of nitrogens with zero attached hydrogens (tertiary/aromatic N) is 2. The van der Waals surface area contributed by atoms with Gasteiger partial charge in [-0.1, -0.05) is 49.9 Å². The number of imidazole rings is 1. The Morgan fingerprint density at radius 2 is 1.69 bits per heavy atom. The molecule has 1 aromatic carbocycles. The molecule has 8 heteroatoms. The van der Waals surface area contributed by atoms with Gasteiger partial charge in [-0.25, -0.2) is 9.13 Å². The van der Waals surface area contributed by atoms with E-state index in [0.717, 1.165) is 24.5 Å². The molecule has 1 aromatic heterocycles. The second-order valence-corrected chi connectivity index (χ2v) is 8.64. The molecule has 0 aliphatic heterocycles. The first-order valence-corrected chi connectivity index (χ1v) is 12.2. The second-order valence-electron chi connectivity index (χ2n) is 7.22. The van der Waals surface area contributed by atoms with Crippen molar-refractivity contribution < 1.29 is 23.8 Å². The molecule has 0 radical (unpaired) electrons. The molecule has 0 unspecified atom stereocenters.